The highest BCUT2D eigenvalue weighted by atomic mass is 16.5. The number of allylic oxidation sites excluding steroid dienone is 1. The molecule has 2 nitrogen and oxygen atoms in total. The number of hydrogen-bond donors (Lipinski definition) is 1. The smallest absolute Gasteiger partial charge is 0.0792 e. The number of nitrogens with two attached hydrogens (primary N) is 1. The van der Waals surface area contributed by atoms with Crippen LogP contribution in [0.4, 0.5) is 0 Å². The highest BCUT2D eigenvalue weighted by Gasteiger charge is 2.36. The van der Waals surface area contributed by atoms with Crippen molar-refractivity contribution >= 4 is 0 Å². The van der Waals surface area contributed by atoms with Crippen molar-refractivity contribution in [1.82, 2.24) is 0 Å². The van der Waals surface area contributed by atoms with Gasteiger partial charge in [0.1, 0.15) is 0 Å². The average molecular weight is 223 g/mol. The largest absolute Gasteiger partial charge is 0.376 e. The molecule has 0 aliphatic heterocycles. The van der Waals surface area contributed by atoms with E-state index in [1.165, 1.54) is 50.5 Å². The van der Waals surface area contributed by atoms with E-state index in [0.29, 0.717) is 0 Å². The van der Waals surface area contributed by atoms with Crippen LogP contribution in [0.5, 0.6) is 0 Å². The zero-order valence-corrected chi connectivity index (χ0v) is 10.5. The van der Waals surface area contributed by atoms with Gasteiger partial charge in [-0.2, -0.15) is 0 Å². The zero-order valence-electron chi connectivity index (χ0n) is 10.5. The summed E-state index contributed by atoms with van der Waals surface area (Å²) in [6.07, 6.45) is 11.7. The Balaban J connectivity index is 1.96. The fraction of sp³-hybridized carbons (Fsp3) is 0.857. The summed E-state index contributed by atoms with van der Waals surface area (Å²) in [5, 5.41) is 0. The molecule has 2 heteroatoms. The molecule has 2 aliphatic carbocycles. The number of ether oxygens (including phenoxy) is 1. The van der Waals surface area contributed by atoms with Gasteiger partial charge in [-0.25, -0.2) is 0 Å². The lowest BCUT2D eigenvalue weighted by Gasteiger charge is -2.26. The maximum absolute atomic E-state index is 6.40. The Kier molecular flexibility index (Phi) is 4.42. The Morgan fingerprint density at radius 2 is 2.19 bits per heavy atom. The van der Waals surface area contributed by atoms with E-state index in [-0.39, 0.29) is 12.1 Å². The van der Waals surface area contributed by atoms with Crippen LogP contribution in [0.3, 0.4) is 0 Å². The van der Waals surface area contributed by atoms with E-state index in [0.717, 1.165) is 12.5 Å². The molecule has 2 N–H and O–H groups in total. The third kappa shape index (κ3) is 3.08. The molecule has 1 fully saturated rings. The standard InChI is InChI=1S/C14H25NO/c1-2-16-14(12-9-10-12)13(15)11-7-5-3-4-6-8-11/h7,12-14H,2-6,8-10,15H2,1H3. The Bertz CT molecular complexity index is 245. The van der Waals surface area contributed by atoms with E-state index in [1.807, 2.05) is 0 Å². The minimum Gasteiger partial charge on any atom is -0.376 e. The second-order valence-electron chi connectivity index (χ2n) is 5.16. The van der Waals surface area contributed by atoms with Crippen molar-refractivity contribution in [2.45, 2.75) is 64.0 Å². The molecule has 92 valence electrons. The molecule has 2 rings (SSSR count). The van der Waals surface area contributed by atoms with Crippen molar-refractivity contribution in [2.24, 2.45) is 11.7 Å². The van der Waals surface area contributed by atoms with Crippen LogP contribution in [-0.4, -0.2) is 18.8 Å². The summed E-state index contributed by atoms with van der Waals surface area (Å²) >= 11 is 0. The summed E-state index contributed by atoms with van der Waals surface area (Å²) in [6, 6.07) is 0.158. The molecular weight excluding hydrogens is 198 g/mol. The number of rotatable bonds is 5. The highest BCUT2D eigenvalue weighted by molar-refractivity contribution is 5.15. The summed E-state index contributed by atoms with van der Waals surface area (Å²) in [5.74, 6) is 0.735. The van der Waals surface area contributed by atoms with E-state index in [1.54, 1.807) is 0 Å². The molecule has 16 heavy (non-hydrogen) atoms. The first-order chi connectivity index (χ1) is 7.83. The second-order valence-corrected chi connectivity index (χ2v) is 5.16. The lowest BCUT2D eigenvalue weighted by atomic mass is 9.95. The van der Waals surface area contributed by atoms with Gasteiger partial charge in [-0.3, -0.25) is 0 Å². The van der Waals surface area contributed by atoms with Crippen molar-refractivity contribution in [1.29, 1.82) is 0 Å². The maximum atomic E-state index is 6.40. The van der Waals surface area contributed by atoms with Crippen LogP contribution in [0.1, 0.15) is 51.9 Å². The van der Waals surface area contributed by atoms with Crippen molar-refractivity contribution < 1.29 is 4.74 Å². The normalized spacial score (nSPS) is 25.8. The van der Waals surface area contributed by atoms with Gasteiger partial charge in [0.2, 0.25) is 0 Å². The molecule has 0 aromatic heterocycles. The molecule has 2 aliphatic rings. The first-order valence-electron chi connectivity index (χ1n) is 6.89. The fourth-order valence-electron chi connectivity index (χ4n) is 2.70. The van der Waals surface area contributed by atoms with E-state index in [2.05, 4.69) is 13.0 Å². The van der Waals surface area contributed by atoms with Crippen molar-refractivity contribution in [2.75, 3.05) is 6.61 Å². The summed E-state index contributed by atoms with van der Waals surface area (Å²) in [4.78, 5) is 0. The average Bonchev–Trinajstić information content (AvgIpc) is 3.10. The minimum atomic E-state index is 0.158. The van der Waals surface area contributed by atoms with E-state index >= 15 is 0 Å². The third-order valence-corrected chi connectivity index (χ3v) is 3.80. The molecule has 0 amide bonds. The summed E-state index contributed by atoms with van der Waals surface area (Å²) in [5.41, 5.74) is 7.86. The first kappa shape index (κ1) is 12.1. The Morgan fingerprint density at radius 3 is 2.88 bits per heavy atom. The molecule has 0 bridgehead atoms. The molecule has 0 heterocycles. The van der Waals surface area contributed by atoms with Gasteiger partial charge in [-0.05, 0) is 51.4 Å². The monoisotopic (exact) mass is 223 g/mol. The van der Waals surface area contributed by atoms with Crippen molar-refractivity contribution in [3.05, 3.63) is 11.6 Å². The molecule has 1 saturated carbocycles. The minimum absolute atomic E-state index is 0.158. The summed E-state index contributed by atoms with van der Waals surface area (Å²) in [7, 11) is 0. The predicted octanol–water partition coefficient (Wildman–Crippen LogP) is 3.02. The molecule has 2 unspecified atom stereocenters. The topological polar surface area (TPSA) is 35.2 Å². The van der Waals surface area contributed by atoms with Crippen LogP contribution in [0.25, 0.3) is 0 Å². The van der Waals surface area contributed by atoms with Crippen LogP contribution in [0.2, 0.25) is 0 Å². The fourth-order valence-corrected chi connectivity index (χ4v) is 2.70. The van der Waals surface area contributed by atoms with Gasteiger partial charge in [0, 0.05) is 6.61 Å². The molecule has 0 spiro atoms. The Morgan fingerprint density at radius 1 is 1.38 bits per heavy atom. The highest BCUT2D eigenvalue weighted by Crippen LogP contribution is 2.37. The van der Waals surface area contributed by atoms with Crippen LogP contribution in [0, 0.1) is 5.92 Å². The SMILES string of the molecule is CCOC(C1CC1)C(N)C1=CCCCCC1. The third-order valence-electron chi connectivity index (χ3n) is 3.80. The van der Waals surface area contributed by atoms with E-state index in [9.17, 15) is 0 Å². The van der Waals surface area contributed by atoms with Gasteiger partial charge in [0.15, 0.2) is 0 Å². The van der Waals surface area contributed by atoms with Crippen molar-refractivity contribution in [3.8, 4) is 0 Å². The lowest BCUT2D eigenvalue weighted by molar-refractivity contribution is 0.0357. The second kappa shape index (κ2) is 5.83. The van der Waals surface area contributed by atoms with Gasteiger partial charge in [-0.1, -0.05) is 18.1 Å². The zero-order chi connectivity index (χ0) is 11.4. The molecular formula is C14H25NO. The maximum Gasteiger partial charge on any atom is 0.0792 e. The summed E-state index contributed by atoms with van der Waals surface area (Å²) in [6.45, 7) is 2.87. The molecule has 2 atom stereocenters. The molecule has 0 saturated heterocycles. The van der Waals surface area contributed by atoms with Crippen molar-refractivity contribution in [3.63, 3.8) is 0 Å². The van der Waals surface area contributed by atoms with E-state index < -0.39 is 0 Å². The molecule has 0 aromatic rings. The first-order valence-corrected chi connectivity index (χ1v) is 6.89. The Labute approximate surface area is 99.2 Å². The van der Waals surface area contributed by atoms with Crippen LogP contribution in [-0.2, 0) is 4.74 Å². The quantitative estimate of drug-likeness (QED) is 0.727. The van der Waals surface area contributed by atoms with Crippen LogP contribution < -0.4 is 5.73 Å². The van der Waals surface area contributed by atoms with Gasteiger partial charge >= 0.3 is 0 Å². The summed E-state index contributed by atoms with van der Waals surface area (Å²) < 4.78 is 5.86. The van der Waals surface area contributed by atoms with Crippen LogP contribution >= 0.6 is 0 Å². The van der Waals surface area contributed by atoms with Gasteiger partial charge in [0.25, 0.3) is 0 Å². The van der Waals surface area contributed by atoms with E-state index in [4.69, 9.17) is 10.5 Å². The number of hydrogen-bond acceptors (Lipinski definition) is 2. The molecule has 0 radical (unpaired) electrons. The Hall–Kier alpha value is -0.340. The van der Waals surface area contributed by atoms with Gasteiger partial charge in [-0.15, -0.1) is 0 Å². The van der Waals surface area contributed by atoms with Crippen LogP contribution in [0.15, 0.2) is 11.6 Å². The van der Waals surface area contributed by atoms with Gasteiger partial charge < -0.3 is 10.5 Å². The molecule has 0 aromatic carbocycles. The van der Waals surface area contributed by atoms with Gasteiger partial charge in [0.05, 0.1) is 12.1 Å². The predicted molar refractivity (Wildman–Crippen MR) is 67.3 cm³/mol. The lowest BCUT2D eigenvalue weighted by Crippen LogP contribution is -2.40.